The molecular formula is C30HN5. The third kappa shape index (κ3) is 18.2. The summed E-state index contributed by atoms with van der Waals surface area (Å²) in [6.07, 6.45) is 4.92. The quantitative estimate of drug-likeness (QED) is 0.472. The predicted molar refractivity (Wildman–Crippen MR) is 129 cm³/mol. The van der Waals surface area contributed by atoms with E-state index < -0.39 is 0 Å². The van der Waals surface area contributed by atoms with Crippen molar-refractivity contribution < 1.29 is 0 Å². The Morgan fingerprint density at radius 2 is 0.543 bits per heavy atom. The zero-order valence-corrected chi connectivity index (χ0v) is 17.3. The molecule has 5 heteroatoms. The Kier molecular flexibility index (Phi) is 15.3. The maximum atomic E-state index is 4.92. The van der Waals surface area contributed by atoms with Gasteiger partial charge in [-0.1, -0.05) is 4.80 Å². The summed E-state index contributed by atoms with van der Waals surface area (Å²) in [7, 11) is 0. The highest BCUT2D eigenvalue weighted by Crippen LogP contribution is 1.62. The number of rotatable bonds is 0. The van der Waals surface area contributed by atoms with Gasteiger partial charge in [-0.15, -0.1) is 6.42 Å². The molecule has 146 valence electrons. The standard InChI is InChI=1S/C30HN5/c1-2-3-4-5-6-7-8-9-10-11-12-13-14-15-16-17-18-19-20-21-22-23-24-25-26-27-28-29-30-35-33-31-32-34-35/h1H. The van der Waals surface area contributed by atoms with E-state index in [1.54, 1.807) is 0 Å². The Hall–Kier alpha value is -7.60. The van der Waals surface area contributed by atoms with Crippen LogP contribution in [0.15, 0.2) is 0 Å². The van der Waals surface area contributed by atoms with Crippen LogP contribution < -0.4 is 0 Å². The summed E-state index contributed by atoms with van der Waals surface area (Å²) in [5.74, 6) is 68.8. The van der Waals surface area contributed by atoms with Gasteiger partial charge in [0.15, 0.2) is 0 Å². The van der Waals surface area contributed by atoms with E-state index in [9.17, 15) is 0 Å². The summed E-state index contributed by atoms with van der Waals surface area (Å²) in [6.45, 7) is 0. The molecule has 1 aromatic rings. The topological polar surface area (TPSA) is 56.5 Å². The first-order valence-electron chi connectivity index (χ1n) is 8.51. The molecule has 1 heterocycles. The van der Waals surface area contributed by atoms with E-state index in [1.807, 2.05) is 0 Å². The average Bonchev–Trinajstić information content (AvgIpc) is 3.39. The monoisotopic (exact) mass is 431 g/mol. The highest BCUT2D eigenvalue weighted by Gasteiger charge is 1.81. The molecule has 0 fully saturated rings. The lowest BCUT2D eigenvalue weighted by Crippen LogP contribution is -1.92. The van der Waals surface area contributed by atoms with Crippen molar-refractivity contribution in [2.75, 3.05) is 0 Å². The molecule has 1 aromatic heterocycles. The van der Waals surface area contributed by atoms with Crippen LogP contribution in [0.2, 0.25) is 0 Å². The second-order valence-electron chi connectivity index (χ2n) is 4.28. The van der Waals surface area contributed by atoms with E-state index in [0.717, 1.165) is 4.80 Å². The van der Waals surface area contributed by atoms with E-state index >= 15 is 0 Å². The first-order valence-corrected chi connectivity index (χ1v) is 8.51. The second kappa shape index (κ2) is 21.1. The van der Waals surface area contributed by atoms with Crippen molar-refractivity contribution in [3.05, 3.63) is 0 Å². The molecule has 0 aliphatic rings. The minimum absolute atomic E-state index is 0.970. The zero-order chi connectivity index (χ0) is 24.9. The van der Waals surface area contributed by atoms with Crippen molar-refractivity contribution in [2.45, 2.75) is 0 Å². The van der Waals surface area contributed by atoms with Gasteiger partial charge in [-0.05, 0) is 68.2 Å². The highest BCUT2D eigenvalue weighted by atomic mass is 15.7. The van der Waals surface area contributed by atoms with Crippen molar-refractivity contribution in [1.29, 1.82) is 0 Å². The van der Waals surface area contributed by atoms with Gasteiger partial charge in [0.05, 0.1) is 6.04 Å². The Labute approximate surface area is 204 Å². The molecule has 35 heavy (non-hydrogen) atoms. The summed E-state index contributed by atoms with van der Waals surface area (Å²) in [4.78, 5) is 0.970. The highest BCUT2D eigenvalue weighted by molar-refractivity contribution is 5.48. The lowest BCUT2D eigenvalue weighted by Gasteiger charge is -1.70. The fraction of sp³-hybridized carbons (Fsp3) is 0. The summed E-state index contributed by atoms with van der Waals surface area (Å²) >= 11 is 0. The molecule has 0 amide bonds. The molecule has 0 atom stereocenters. The first kappa shape index (κ1) is 25.4. The van der Waals surface area contributed by atoms with Gasteiger partial charge in [0, 0.05) is 118 Å². The van der Waals surface area contributed by atoms with Crippen LogP contribution in [0.5, 0.6) is 0 Å². The molecule has 0 N–H and O–H groups in total. The molecule has 0 radical (unpaired) electrons. The third-order valence-electron chi connectivity index (χ3n) is 2.14. The molecule has 0 unspecified atom stereocenters. The summed E-state index contributed by atoms with van der Waals surface area (Å²) in [5, 5.41) is 13.3. The Bertz CT molecular complexity index is 1920. The Balaban J connectivity index is 2.39. The maximum absolute atomic E-state index is 4.92. The lowest BCUT2D eigenvalue weighted by atomic mass is 10.4. The van der Waals surface area contributed by atoms with Crippen LogP contribution >= 0.6 is 0 Å². The molecule has 0 saturated carbocycles. The van der Waals surface area contributed by atoms with Crippen LogP contribution in [0.1, 0.15) is 0 Å². The van der Waals surface area contributed by atoms with Crippen LogP contribution in [0, 0.1) is 178 Å². The fourth-order valence-corrected chi connectivity index (χ4v) is 1.07. The van der Waals surface area contributed by atoms with E-state index in [4.69, 9.17) is 6.42 Å². The van der Waals surface area contributed by atoms with E-state index in [1.165, 1.54) is 0 Å². The Morgan fingerprint density at radius 3 is 0.800 bits per heavy atom. The van der Waals surface area contributed by atoms with Gasteiger partial charge in [-0.25, -0.2) is 0 Å². The van der Waals surface area contributed by atoms with Crippen molar-refractivity contribution in [2.24, 2.45) is 0 Å². The number of hydrogen-bond donors (Lipinski definition) is 0. The minimum Gasteiger partial charge on any atom is -0.106 e. The van der Waals surface area contributed by atoms with Crippen LogP contribution in [0.25, 0.3) is 0 Å². The van der Waals surface area contributed by atoms with Gasteiger partial charge in [0.25, 0.3) is 0 Å². The molecule has 0 aliphatic carbocycles. The third-order valence-corrected chi connectivity index (χ3v) is 2.14. The maximum Gasteiger partial charge on any atom is 0.0748 e. The predicted octanol–water partition coefficient (Wildman–Crippen LogP) is -1.45. The molecule has 5 nitrogen and oxygen atoms in total. The number of nitrogens with zero attached hydrogens (tertiary/aromatic N) is 5. The zero-order valence-electron chi connectivity index (χ0n) is 17.3. The number of terminal acetylenes is 1. The molecule has 0 spiro atoms. The van der Waals surface area contributed by atoms with E-state index in [2.05, 4.69) is 193 Å². The van der Waals surface area contributed by atoms with Gasteiger partial charge in [0.1, 0.15) is 0 Å². The van der Waals surface area contributed by atoms with Crippen LogP contribution in [0.4, 0.5) is 0 Å². The summed E-state index contributed by atoms with van der Waals surface area (Å²) in [6, 6.07) is 2.45. The SMILES string of the molecule is C#CC#CC#CC#CC#CC#CC#CC#CC#CC#CC#CC#CC#CC#CC#Cn1nnnn1. The fourth-order valence-electron chi connectivity index (χ4n) is 1.07. The smallest absolute Gasteiger partial charge is 0.0748 e. The van der Waals surface area contributed by atoms with E-state index in [-0.39, 0.29) is 0 Å². The average molecular weight is 431 g/mol. The van der Waals surface area contributed by atoms with Gasteiger partial charge in [-0.2, -0.15) is 0 Å². The second-order valence-corrected chi connectivity index (χ2v) is 4.28. The Morgan fingerprint density at radius 1 is 0.314 bits per heavy atom. The van der Waals surface area contributed by atoms with Crippen LogP contribution in [-0.2, 0) is 0 Å². The van der Waals surface area contributed by atoms with E-state index in [0.29, 0.717) is 0 Å². The molecular weight excluding hydrogens is 430 g/mol. The van der Waals surface area contributed by atoms with Crippen molar-refractivity contribution in [1.82, 2.24) is 25.7 Å². The summed E-state index contributed by atoms with van der Waals surface area (Å²) < 4.78 is 0. The lowest BCUT2D eigenvalue weighted by molar-refractivity contribution is 0.737. The molecule has 0 saturated heterocycles. The minimum atomic E-state index is 0.970. The number of aromatic nitrogens is 5. The van der Waals surface area contributed by atoms with Gasteiger partial charge >= 0.3 is 0 Å². The van der Waals surface area contributed by atoms with Gasteiger partial charge in [-0.3, -0.25) is 0 Å². The molecule has 0 aliphatic heterocycles. The number of hydrogen-bond acceptors (Lipinski definition) is 4. The van der Waals surface area contributed by atoms with Crippen molar-refractivity contribution in [3.8, 4) is 178 Å². The largest absolute Gasteiger partial charge is 0.106 e. The van der Waals surface area contributed by atoms with Crippen LogP contribution in [-0.4, -0.2) is 25.7 Å². The van der Waals surface area contributed by atoms with Crippen molar-refractivity contribution >= 4 is 0 Å². The molecule has 0 aromatic carbocycles. The van der Waals surface area contributed by atoms with Crippen LogP contribution in [0.3, 0.4) is 0 Å². The van der Waals surface area contributed by atoms with Crippen molar-refractivity contribution in [3.63, 3.8) is 0 Å². The molecule has 1 rings (SSSR count). The van der Waals surface area contributed by atoms with Gasteiger partial charge < -0.3 is 0 Å². The molecule has 0 bridgehead atoms. The first-order chi connectivity index (χ1) is 17.4. The normalized spacial score (nSPS) is 4.77. The van der Waals surface area contributed by atoms with Gasteiger partial charge in [0.2, 0.25) is 0 Å². The summed E-state index contributed by atoms with van der Waals surface area (Å²) in [5.41, 5.74) is 0.